The summed E-state index contributed by atoms with van der Waals surface area (Å²) in [5.74, 6) is 0. The Morgan fingerprint density at radius 3 is 0.700 bits per heavy atom. The summed E-state index contributed by atoms with van der Waals surface area (Å²) in [6.45, 7) is 8.97. The van der Waals surface area contributed by atoms with Crippen LogP contribution in [-0.4, -0.2) is 19.9 Å². The van der Waals surface area contributed by atoms with Crippen LogP contribution in [0.2, 0.25) is 0 Å². The van der Waals surface area contributed by atoms with Crippen molar-refractivity contribution < 1.29 is 0 Å². The van der Waals surface area contributed by atoms with Gasteiger partial charge in [0, 0.05) is 43.8 Å². The molecule has 4 heteroatoms. The van der Waals surface area contributed by atoms with Crippen molar-refractivity contribution in [2.75, 3.05) is 0 Å². The van der Waals surface area contributed by atoms with Gasteiger partial charge in [-0.15, -0.1) is 0 Å². The summed E-state index contributed by atoms with van der Waals surface area (Å²) in [4.78, 5) is 19.5. The smallest absolute Gasteiger partial charge is 0.0766 e. The second-order valence-electron chi connectivity index (χ2n) is 16.8. The maximum Gasteiger partial charge on any atom is 0.0766 e. The molecule has 2 aliphatic rings. The lowest BCUT2D eigenvalue weighted by atomic mass is 9.95. The fraction of sp³-hybridized carbons (Fsp3) is 0.0714. The van der Waals surface area contributed by atoms with Crippen LogP contribution in [0.3, 0.4) is 0 Å². The van der Waals surface area contributed by atoms with Crippen molar-refractivity contribution in [1.29, 1.82) is 0 Å². The fourth-order valence-corrected chi connectivity index (χ4v) is 10.4. The lowest BCUT2D eigenvalue weighted by Gasteiger charge is -2.07. The molecule has 282 valence electrons. The molecule has 0 aliphatic carbocycles. The predicted molar refractivity (Wildman–Crippen MR) is 254 cm³/mol. The number of aromatic nitrogens is 4. The Morgan fingerprint density at radius 2 is 0.483 bits per heavy atom. The number of H-pyrrole nitrogens is 2. The molecular weight excluding hydrogens is 729 g/mol. The van der Waals surface area contributed by atoms with E-state index in [9.17, 15) is 0 Å². The first-order chi connectivity index (χ1) is 29.4. The standard InChI is InChI=1S/C56H38N4/c1-29-49-41-21-33-13-5-7-15-35(33)23-43(41)51(57-49)30(2)53-45-25-37-17-9-11-19-39(37)27-47(45)55(59-53)32(4)56-48-28-40-20-12-10-18-38(40)26-46(48)54(60-56)31(3)52-44-24-36-16-8-6-14-34(36)22-42(44)50(29)58-52/h5-28,57,60H,1-4H3. The molecular formula is C56H38N4. The van der Waals surface area contributed by atoms with Crippen molar-refractivity contribution in [3.05, 3.63) is 168 Å². The highest BCUT2D eigenvalue weighted by Crippen LogP contribution is 2.47. The third-order valence-corrected chi connectivity index (χ3v) is 13.5. The van der Waals surface area contributed by atoms with Crippen molar-refractivity contribution in [3.8, 4) is 45.0 Å². The van der Waals surface area contributed by atoms with Crippen molar-refractivity contribution in [2.24, 2.45) is 0 Å². The molecule has 60 heavy (non-hydrogen) atoms. The average Bonchev–Trinajstić information content (AvgIpc) is 4.05. The second kappa shape index (κ2) is 12.0. The number of hydrogen-bond donors (Lipinski definition) is 2. The Bertz CT molecular complexity index is 3430. The topological polar surface area (TPSA) is 57.4 Å². The normalized spacial score (nSPS) is 12.3. The van der Waals surface area contributed by atoms with Gasteiger partial charge in [-0.1, -0.05) is 97.1 Å². The van der Waals surface area contributed by atoms with Gasteiger partial charge in [0.25, 0.3) is 0 Å². The van der Waals surface area contributed by atoms with Crippen LogP contribution in [-0.2, 0) is 0 Å². The first-order valence-electron chi connectivity index (χ1n) is 20.8. The van der Waals surface area contributed by atoms with Crippen LogP contribution in [0.1, 0.15) is 22.3 Å². The van der Waals surface area contributed by atoms with Gasteiger partial charge in [-0.05, 0) is 142 Å². The molecule has 5 heterocycles. The first-order valence-corrected chi connectivity index (χ1v) is 20.8. The number of benzene rings is 8. The molecule has 0 fully saturated rings. The zero-order valence-electron chi connectivity index (χ0n) is 33.8. The largest absolute Gasteiger partial charge is 0.354 e. The molecule has 8 aromatic carbocycles. The molecule has 2 aliphatic heterocycles. The van der Waals surface area contributed by atoms with Gasteiger partial charge in [0.15, 0.2) is 0 Å². The molecule has 4 nitrogen and oxygen atoms in total. The van der Waals surface area contributed by atoms with Crippen molar-refractivity contribution in [2.45, 2.75) is 27.7 Å². The number of fused-ring (bicyclic) bond motifs is 24. The minimum Gasteiger partial charge on any atom is -0.354 e. The van der Waals surface area contributed by atoms with Gasteiger partial charge in [-0.3, -0.25) is 0 Å². The molecule has 8 bridgehead atoms. The van der Waals surface area contributed by atoms with E-state index in [0.717, 1.165) is 89.4 Å². The summed E-state index contributed by atoms with van der Waals surface area (Å²) in [7, 11) is 0. The van der Waals surface area contributed by atoms with Gasteiger partial charge in [-0.2, -0.15) is 0 Å². The maximum absolute atomic E-state index is 5.69. The number of rotatable bonds is 0. The summed E-state index contributed by atoms with van der Waals surface area (Å²) in [6, 6.07) is 53.5. The molecule has 0 spiro atoms. The highest BCUT2D eigenvalue weighted by molar-refractivity contribution is 6.18. The van der Waals surface area contributed by atoms with E-state index in [1.807, 2.05) is 0 Å². The molecule has 0 amide bonds. The summed E-state index contributed by atoms with van der Waals surface area (Å²) in [5, 5.41) is 14.4. The van der Waals surface area contributed by atoms with Crippen molar-refractivity contribution >= 4 is 86.7 Å². The third kappa shape index (κ3) is 4.56. The average molecular weight is 767 g/mol. The number of aryl methyl sites for hydroxylation is 4. The highest BCUT2D eigenvalue weighted by atomic mass is 14.8. The van der Waals surface area contributed by atoms with Crippen LogP contribution in [0.25, 0.3) is 132 Å². The van der Waals surface area contributed by atoms with Crippen molar-refractivity contribution in [1.82, 2.24) is 19.9 Å². The minimum absolute atomic E-state index is 0.993. The predicted octanol–water partition coefficient (Wildman–Crippen LogP) is 15.1. The Labute approximate surface area is 345 Å². The monoisotopic (exact) mass is 766 g/mol. The molecule has 0 atom stereocenters. The molecule has 0 unspecified atom stereocenters. The van der Waals surface area contributed by atoms with E-state index in [1.54, 1.807) is 0 Å². The van der Waals surface area contributed by atoms with E-state index in [2.05, 4.69) is 183 Å². The highest BCUT2D eigenvalue weighted by Gasteiger charge is 2.26. The van der Waals surface area contributed by atoms with Gasteiger partial charge in [0.05, 0.1) is 44.8 Å². The lowest BCUT2D eigenvalue weighted by molar-refractivity contribution is 1.31. The number of hydrogen-bond acceptors (Lipinski definition) is 2. The SMILES string of the molecule is Cc1c2nc(c(C)c3[nH]c(c(C)c4nc(c(C)c5[nH]c1c1cc6ccccc6cc51)-c1cc5ccccc5cc1-4)c1cc4ccccc4cc31)-c1cc3ccccc3cc1-2. The minimum atomic E-state index is 0.993. The van der Waals surface area contributed by atoms with E-state index in [4.69, 9.17) is 9.97 Å². The Kier molecular flexibility index (Phi) is 6.68. The summed E-state index contributed by atoms with van der Waals surface area (Å²) < 4.78 is 0. The summed E-state index contributed by atoms with van der Waals surface area (Å²) >= 11 is 0. The quantitative estimate of drug-likeness (QED) is 0.161. The van der Waals surface area contributed by atoms with E-state index >= 15 is 0 Å². The molecule has 3 aromatic heterocycles. The maximum atomic E-state index is 5.69. The van der Waals surface area contributed by atoms with Crippen LogP contribution < -0.4 is 0 Å². The van der Waals surface area contributed by atoms with Gasteiger partial charge >= 0.3 is 0 Å². The molecule has 11 aromatic rings. The number of nitrogens with zero attached hydrogens (tertiary/aromatic N) is 2. The third-order valence-electron chi connectivity index (χ3n) is 13.5. The first kappa shape index (κ1) is 33.4. The van der Waals surface area contributed by atoms with Crippen LogP contribution in [0.15, 0.2) is 146 Å². The van der Waals surface area contributed by atoms with Gasteiger partial charge < -0.3 is 9.97 Å². The lowest BCUT2D eigenvalue weighted by Crippen LogP contribution is -1.85. The van der Waals surface area contributed by atoms with Gasteiger partial charge in [-0.25, -0.2) is 9.97 Å². The van der Waals surface area contributed by atoms with Gasteiger partial charge in [0.1, 0.15) is 0 Å². The van der Waals surface area contributed by atoms with Crippen LogP contribution in [0.5, 0.6) is 0 Å². The summed E-state index contributed by atoms with van der Waals surface area (Å²) in [6.07, 6.45) is 0. The number of aromatic amines is 2. The molecule has 0 saturated heterocycles. The van der Waals surface area contributed by atoms with Crippen LogP contribution >= 0.6 is 0 Å². The summed E-state index contributed by atoms with van der Waals surface area (Å²) in [5.41, 5.74) is 17.4. The Morgan fingerprint density at radius 1 is 0.283 bits per heavy atom. The molecule has 0 radical (unpaired) electrons. The molecule has 2 N–H and O–H groups in total. The zero-order chi connectivity index (χ0) is 40.0. The van der Waals surface area contributed by atoms with Gasteiger partial charge in [0.2, 0.25) is 0 Å². The Hall–Kier alpha value is -7.56. The fourth-order valence-electron chi connectivity index (χ4n) is 10.4. The Balaban J connectivity index is 1.30. The number of nitrogens with one attached hydrogen (secondary N) is 2. The zero-order valence-corrected chi connectivity index (χ0v) is 33.8. The van der Waals surface area contributed by atoms with E-state index < -0.39 is 0 Å². The van der Waals surface area contributed by atoms with E-state index in [-0.39, 0.29) is 0 Å². The second-order valence-corrected chi connectivity index (χ2v) is 16.8. The van der Waals surface area contributed by atoms with Crippen molar-refractivity contribution in [3.63, 3.8) is 0 Å². The van der Waals surface area contributed by atoms with Crippen LogP contribution in [0.4, 0.5) is 0 Å². The molecule has 0 saturated carbocycles. The molecule has 13 rings (SSSR count). The van der Waals surface area contributed by atoms with E-state index in [0.29, 0.717) is 0 Å². The van der Waals surface area contributed by atoms with E-state index in [1.165, 1.54) is 64.6 Å². The van der Waals surface area contributed by atoms with Crippen LogP contribution in [0, 0.1) is 27.7 Å².